The van der Waals surface area contributed by atoms with Crippen molar-refractivity contribution in [3.63, 3.8) is 0 Å². The molecule has 0 spiro atoms. The molecule has 2 heterocycles. The molecule has 3 rings (SSSR count). The molecular weight excluding hydrogens is 336 g/mol. The smallest absolute Gasteiger partial charge is 0.193 e. The highest BCUT2D eigenvalue weighted by Gasteiger charge is 2.26. The molecule has 1 aromatic rings. The lowest BCUT2D eigenvalue weighted by Crippen LogP contribution is -2.43. The summed E-state index contributed by atoms with van der Waals surface area (Å²) >= 11 is 0. The van der Waals surface area contributed by atoms with E-state index < -0.39 is 0 Å². The van der Waals surface area contributed by atoms with Crippen molar-refractivity contribution in [3.05, 3.63) is 29.8 Å². The van der Waals surface area contributed by atoms with Crippen molar-refractivity contribution in [2.75, 3.05) is 53.4 Å². The minimum Gasteiger partial charge on any atom is -0.497 e. The molecule has 0 amide bonds. The van der Waals surface area contributed by atoms with Crippen LogP contribution in [0.4, 0.5) is 0 Å². The quantitative estimate of drug-likeness (QED) is 0.615. The Labute approximate surface area is 164 Å². The van der Waals surface area contributed by atoms with Crippen LogP contribution in [-0.4, -0.2) is 69.2 Å². The van der Waals surface area contributed by atoms with Crippen LogP contribution in [0.5, 0.6) is 5.75 Å². The molecule has 0 aromatic heterocycles. The molecule has 1 N–H and O–H groups in total. The van der Waals surface area contributed by atoms with Gasteiger partial charge in [-0.05, 0) is 56.0 Å². The Morgan fingerprint density at radius 3 is 2.59 bits per heavy atom. The number of ether oxygens (including phenoxy) is 1. The number of guanidine groups is 1. The second kappa shape index (κ2) is 9.98. The van der Waals surface area contributed by atoms with Gasteiger partial charge in [0.05, 0.1) is 7.11 Å². The minimum atomic E-state index is 0.570. The Balaban J connectivity index is 1.46. The van der Waals surface area contributed by atoms with Crippen LogP contribution >= 0.6 is 0 Å². The van der Waals surface area contributed by atoms with Gasteiger partial charge in [-0.3, -0.25) is 4.99 Å². The van der Waals surface area contributed by atoms with Gasteiger partial charge in [0.25, 0.3) is 0 Å². The zero-order valence-corrected chi connectivity index (χ0v) is 17.3. The van der Waals surface area contributed by atoms with Crippen molar-refractivity contribution in [2.24, 2.45) is 10.9 Å². The van der Waals surface area contributed by atoms with Gasteiger partial charge in [-0.25, -0.2) is 0 Å². The lowest BCUT2D eigenvalue weighted by molar-refractivity contribution is 0.200. The number of benzene rings is 1. The molecule has 0 radical (unpaired) electrons. The first kappa shape index (κ1) is 20.0. The Kier molecular flexibility index (Phi) is 7.39. The van der Waals surface area contributed by atoms with Crippen LogP contribution in [-0.2, 0) is 0 Å². The Bertz CT molecular complexity index is 595. The highest BCUT2D eigenvalue weighted by atomic mass is 16.5. The highest BCUT2D eigenvalue weighted by molar-refractivity contribution is 5.80. The normalized spacial score (nSPS) is 22.7. The Morgan fingerprint density at radius 1 is 1.19 bits per heavy atom. The molecule has 2 aliphatic heterocycles. The third kappa shape index (κ3) is 5.61. The van der Waals surface area contributed by atoms with Gasteiger partial charge < -0.3 is 19.9 Å². The second-order valence-corrected chi connectivity index (χ2v) is 8.10. The Hall–Kier alpha value is -1.75. The first-order chi connectivity index (χ1) is 13.2. The predicted octanol–water partition coefficient (Wildman–Crippen LogP) is 3.18. The van der Waals surface area contributed by atoms with E-state index in [1.807, 2.05) is 7.05 Å². The van der Waals surface area contributed by atoms with Gasteiger partial charge in [-0.15, -0.1) is 0 Å². The molecule has 27 heavy (non-hydrogen) atoms. The van der Waals surface area contributed by atoms with E-state index in [1.54, 1.807) is 7.11 Å². The number of hydrogen-bond acceptors (Lipinski definition) is 3. The van der Waals surface area contributed by atoms with Gasteiger partial charge in [-0.2, -0.15) is 0 Å². The first-order valence-electron chi connectivity index (χ1n) is 10.5. The third-order valence-electron chi connectivity index (χ3n) is 5.91. The van der Waals surface area contributed by atoms with Crippen LogP contribution in [0.15, 0.2) is 29.3 Å². The second-order valence-electron chi connectivity index (χ2n) is 8.10. The molecule has 5 heteroatoms. The maximum Gasteiger partial charge on any atom is 0.193 e. The lowest BCUT2D eigenvalue weighted by atomic mass is 9.98. The zero-order valence-electron chi connectivity index (χ0n) is 17.3. The summed E-state index contributed by atoms with van der Waals surface area (Å²) in [5.41, 5.74) is 1.40. The number of aliphatic imine (C=N–C) groups is 1. The topological polar surface area (TPSA) is 40.1 Å². The van der Waals surface area contributed by atoms with Gasteiger partial charge >= 0.3 is 0 Å². The van der Waals surface area contributed by atoms with Crippen molar-refractivity contribution in [2.45, 2.75) is 38.5 Å². The first-order valence-corrected chi connectivity index (χ1v) is 10.5. The molecule has 0 saturated carbocycles. The van der Waals surface area contributed by atoms with Crippen molar-refractivity contribution in [1.82, 2.24) is 15.1 Å². The van der Waals surface area contributed by atoms with Crippen molar-refractivity contribution in [1.29, 1.82) is 0 Å². The summed E-state index contributed by atoms with van der Waals surface area (Å²) in [6, 6.07) is 8.52. The summed E-state index contributed by atoms with van der Waals surface area (Å²) < 4.78 is 5.27. The molecule has 2 unspecified atom stereocenters. The Morgan fingerprint density at radius 2 is 1.93 bits per heavy atom. The largest absolute Gasteiger partial charge is 0.497 e. The number of hydrogen-bond donors (Lipinski definition) is 1. The maximum absolute atomic E-state index is 5.27. The number of rotatable bonds is 6. The minimum absolute atomic E-state index is 0.570. The van der Waals surface area contributed by atoms with Crippen LogP contribution in [0.25, 0.3) is 0 Å². The molecule has 5 nitrogen and oxygen atoms in total. The number of likely N-dealkylation sites (tertiary alicyclic amines) is 2. The summed E-state index contributed by atoms with van der Waals surface area (Å²) in [5.74, 6) is 3.19. The van der Waals surface area contributed by atoms with Gasteiger partial charge in [0.15, 0.2) is 5.96 Å². The standard InChI is InChI=1S/C22H36N4O/c1-18(16-25-12-5-4-6-13-25)15-24-22(23-2)26-14-11-20(17-26)19-7-9-21(27-3)10-8-19/h7-10,18,20H,4-6,11-17H2,1-3H3,(H,23,24). The molecule has 2 fully saturated rings. The van der Waals surface area contributed by atoms with Crippen LogP contribution in [0, 0.1) is 5.92 Å². The maximum atomic E-state index is 5.27. The number of nitrogens with zero attached hydrogens (tertiary/aromatic N) is 3. The van der Waals surface area contributed by atoms with Crippen molar-refractivity contribution >= 4 is 5.96 Å². The van der Waals surface area contributed by atoms with Gasteiger partial charge in [-0.1, -0.05) is 25.5 Å². The van der Waals surface area contributed by atoms with E-state index in [2.05, 4.69) is 51.3 Å². The van der Waals surface area contributed by atoms with E-state index in [0.717, 1.165) is 31.3 Å². The van der Waals surface area contributed by atoms with Crippen LogP contribution in [0.2, 0.25) is 0 Å². The van der Waals surface area contributed by atoms with Crippen LogP contribution < -0.4 is 10.1 Å². The fourth-order valence-electron chi connectivity index (χ4n) is 4.35. The number of piperidine rings is 1. The fraction of sp³-hybridized carbons (Fsp3) is 0.682. The fourth-order valence-corrected chi connectivity index (χ4v) is 4.35. The molecule has 2 saturated heterocycles. The average molecular weight is 373 g/mol. The SMILES string of the molecule is CN=C(NCC(C)CN1CCCCC1)N1CCC(c2ccc(OC)cc2)C1. The summed E-state index contributed by atoms with van der Waals surface area (Å²) in [6.07, 6.45) is 5.31. The van der Waals surface area contributed by atoms with Gasteiger partial charge in [0, 0.05) is 39.1 Å². The third-order valence-corrected chi connectivity index (χ3v) is 5.91. The summed E-state index contributed by atoms with van der Waals surface area (Å²) in [6.45, 7) is 9.18. The van der Waals surface area contributed by atoms with E-state index in [-0.39, 0.29) is 0 Å². The molecule has 0 aliphatic carbocycles. The highest BCUT2D eigenvalue weighted by Crippen LogP contribution is 2.28. The van der Waals surface area contributed by atoms with Gasteiger partial charge in [0.2, 0.25) is 0 Å². The summed E-state index contributed by atoms with van der Waals surface area (Å²) in [4.78, 5) is 9.57. The van der Waals surface area contributed by atoms with E-state index in [1.165, 1.54) is 50.9 Å². The van der Waals surface area contributed by atoms with Crippen LogP contribution in [0.1, 0.15) is 44.1 Å². The van der Waals surface area contributed by atoms with E-state index in [0.29, 0.717) is 11.8 Å². The summed E-state index contributed by atoms with van der Waals surface area (Å²) in [7, 11) is 3.62. The molecule has 2 aliphatic rings. The lowest BCUT2D eigenvalue weighted by Gasteiger charge is -2.30. The number of methoxy groups -OCH3 is 1. The molecule has 1 aromatic carbocycles. The van der Waals surface area contributed by atoms with E-state index in [9.17, 15) is 0 Å². The van der Waals surface area contributed by atoms with Crippen LogP contribution in [0.3, 0.4) is 0 Å². The number of nitrogens with one attached hydrogen (secondary N) is 1. The zero-order chi connectivity index (χ0) is 19.1. The summed E-state index contributed by atoms with van der Waals surface area (Å²) in [5, 5.41) is 3.62. The van der Waals surface area contributed by atoms with E-state index >= 15 is 0 Å². The van der Waals surface area contributed by atoms with Crippen molar-refractivity contribution in [3.8, 4) is 5.75 Å². The molecule has 150 valence electrons. The van der Waals surface area contributed by atoms with E-state index in [4.69, 9.17) is 4.74 Å². The molecular formula is C22H36N4O. The average Bonchev–Trinajstić information content (AvgIpc) is 3.19. The van der Waals surface area contributed by atoms with Crippen molar-refractivity contribution < 1.29 is 4.74 Å². The monoisotopic (exact) mass is 372 g/mol. The molecule has 2 atom stereocenters. The van der Waals surface area contributed by atoms with Gasteiger partial charge in [0.1, 0.15) is 5.75 Å². The molecule has 0 bridgehead atoms. The predicted molar refractivity (Wildman–Crippen MR) is 113 cm³/mol.